The van der Waals surface area contributed by atoms with Gasteiger partial charge in [-0.05, 0) is 31.0 Å². The van der Waals surface area contributed by atoms with Crippen molar-refractivity contribution in [3.63, 3.8) is 0 Å². The Bertz CT molecular complexity index is 589. The average Bonchev–Trinajstić information content (AvgIpc) is 2.80. The topological polar surface area (TPSA) is 38.1 Å². The van der Waals surface area contributed by atoms with Crippen molar-refractivity contribution in [3.05, 3.63) is 53.6 Å². The van der Waals surface area contributed by atoms with Crippen LogP contribution in [0.4, 0.5) is 0 Å². The number of hydrogen-bond acceptors (Lipinski definition) is 2. The van der Waals surface area contributed by atoms with Crippen molar-refractivity contribution in [2.75, 3.05) is 7.05 Å². The van der Waals surface area contributed by atoms with Gasteiger partial charge in [-0.3, -0.25) is 9.78 Å². The SMILES string of the molecule is CC[C@@H](c1cccnc1)N(C)C(=O)c1ccn(C)c1C. The highest BCUT2D eigenvalue weighted by Gasteiger charge is 2.23. The van der Waals surface area contributed by atoms with E-state index in [1.165, 1.54) is 0 Å². The van der Waals surface area contributed by atoms with Gasteiger partial charge in [-0.25, -0.2) is 0 Å². The molecule has 0 aromatic carbocycles. The third-order valence-corrected chi connectivity index (χ3v) is 3.86. The Morgan fingerprint density at radius 1 is 1.45 bits per heavy atom. The van der Waals surface area contributed by atoms with Crippen LogP contribution in [-0.4, -0.2) is 27.4 Å². The molecule has 2 aromatic heterocycles. The van der Waals surface area contributed by atoms with Crippen molar-refractivity contribution >= 4 is 5.91 Å². The lowest BCUT2D eigenvalue weighted by Gasteiger charge is -2.27. The molecule has 0 radical (unpaired) electrons. The van der Waals surface area contributed by atoms with Crippen molar-refractivity contribution in [2.24, 2.45) is 7.05 Å². The van der Waals surface area contributed by atoms with E-state index >= 15 is 0 Å². The number of rotatable bonds is 4. The molecule has 2 heterocycles. The number of pyridine rings is 1. The van der Waals surface area contributed by atoms with E-state index in [0.29, 0.717) is 0 Å². The first-order valence-corrected chi connectivity index (χ1v) is 6.85. The summed E-state index contributed by atoms with van der Waals surface area (Å²) in [7, 11) is 3.81. The van der Waals surface area contributed by atoms with Gasteiger partial charge >= 0.3 is 0 Å². The van der Waals surface area contributed by atoms with Gasteiger partial charge in [-0.15, -0.1) is 0 Å². The van der Waals surface area contributed by atoms with Gasteiger partial charge in [-0.1, -0.05) is 13.0 Å². The Morgan fingerprint density at radius 3 is 2.70 bits per heavy atom. The number of hydrogen-bond donors (Lipinski definition) is 0. The molecule has 0 aliphatic heterocycles. The first kappa shape index (κ1) is 14.3. The highest BCUT2D eigenvalue weighted by molar-refractivity contribution is 5.95. The summed E-state index contributed by atoms with van der Waals surface area (Å²) in [6.45, 7) is 4.05. The standard InChI is InChI=1S/C16H21N3O/c1-5-15(13-7-6-9-17-11-13)19(4)16(20)14-8-10-18(3)12(14)2/h6-11,15H,5H2,1-4H3/t15-/m0/s1. The van der Waals surface area contributed by atoms with Gasteiger partial charge in [0.05, 0.1) is 11.6 Å². The molecule has 0 unspecified atom stereocenters. The quantitative estimate of drug-likeness (QED) is 0.857. The maximum absolute atomic E-state index is 12.6. The normalized spacial score (nSPS) is 12.2. The largest absolute Gasteiger partial charge is 0.354 e. The van der Waals surface area contributed by atoms with Gasteiger partial charge in [0.15, 0.2) is 0 Å². The van der Waals surface area contributed by atoms with Crippen LogP contribution in [0.25, 0.3) is 0 Å². The van der Waals surface area contributed by atoms with Crippen LogP contribution in [0.2, 0.25) is 0 Å². The average molecular weight is 271 g/mol. The Hall–Kier alpha value is -2.10. The van der Waals surface area contributed by atoms with Gasteiger partial charge in [0.25, 0.3) is 5.91 Å². The summed E-state index contributed by atoms with van der Waals surface area (Å²) in [5.74, 6) is 0.0544. The molecular formula is C16H21N3O. The highest BCUT2D eigenvalue weighted by Crippen LogP contribution is 2.24. The molecule has 1 amide bonds. The predicted molar refractivity (Wildman–Crippen MR) is 79.5 cm³/mol. The van der Waals surface area contributed by atoms with E-state index in [9.17, 15) is 4.79 Å². The van der Waals surface area contributed by atoms with Crippen molar-refractivity contribution in [2.45, 2.75) is 26.3 Å². The van der Waals surface area contributed by atoms with E-state index < -0.39 is 0 Å². The molecule has 4 heteroatoms. The van der Waals surface area contributed by atoms with E-state index in [-0.39, 0.29) is 11.9 Å². The lowest BCUT2D eigenvalue weighted by atomic mass is 10.0. The zero-order chi connectivity index (χ0) is 14.7. The summed E-state index contributed by atoms with van der Waals surface area (Å²) < 4.78 is 1.96. The summed E-state index contributed by atoms with van der Waals surface area (Å²) in [5, 5.41) is 0. The van der Waals surface area contributed by atoms with Crippen molar-refractivity contribution in [3.8, 4) is 0 Å². The van der Waals surface area contributed by atoms with Crippen LogP contribution in [0.15, 0.2) is 36.8 Å². The van der Waals surface area contributed by atoms with Crippen LogP contribution in [0.5, 0.6) is 0 Å². The maximum Gasteiger partial charge on any atom is 0.255 e. The number of carbonyl (C=O) groups is 1. The van der Waals surface area contributed by atoms with E-state index in [4.69, 9.17) is 0 Å². The van der Waals surface area contributed by atoms with Gasteiger partial charge in [0.1, 0.15) is 0 Å². The minimum Gasteiger partial charge on any atom is -0.354 e. The zero-order valence-corrected chi connectivity index (χ0v) is 12.5. The molecular weight excluding hydrogens is 250 g/mol. The van der Waals surface area contributed by atoms with Gasteiger partial charge in [-0.2, -0.15) is 0 Å². The van der Waals surface area contributed by atoms with Gasteiger partial charge in [0.2, 0.25) is 0 Å². The minimum atomic E-state index is 0.0517. The molecule has 0 N–H and O–H groups in total. The lowest BCUT2D eigenvalue weighted by molar-refractivity contribution is 0.0725. The molecule has 2 rings (SSSR count). The second-order valence-corrected chi connectivity index (χ2v) is 5.05. The molecule has 0 bridgehead atoms. The molecule has 106 valence electrons. The fraction of sp³-hybridized carbons (Fsp3) is 0.375. The molecule has 0 saturated carbocycles. The molecule has 2 aromatic rings. The van der Waals surface area contributed by atoms with Crippen molar-refractivity contribution in [1.29, 1.82) is 0 Å². The predicted octanol–water partition coefficient (Wildman–Crippen LogP) is 2.95. The molecule has 1 atom stereocenters. The van der Waals surface area contributed by atoms with Gasteiger partial charge < -0.3 is 9.47 Å². The second kappa shape index (κ2) is 5.90. The Balaban J connectivity index is 2.27. The van der Waals surface area contributed by atoms with Crippen molar-refractivity contribution in [1.82, 2.24) is 14.5 Å². The molecule has 20 heavy (non-hydrogen) atoms. The summed E-state index contributed by atoms with van der Waals surface area (Å²) in [6, 6.07) is 5.85. The zero-order valence-electron chi connectivity index (χ0n) is 12.5. The number of aromatic nitrogens is 2. The van der Waals surface area contributed by atoms with E-state index in [1.54, 1.807) is 11.1 Å². The lowest BCUT2D eigenvalue weighted by Crippen LogP contribution is -2.31. The van der Waals surface area contributed by atoms with E-state index in [1.807, 2.05) is 56.2 Å². The van der Waals surface area contributed by atoms with Crippen LogP contribution in [-0.2, 0) is 7.05 Å². The highest BCUT2D eigenvalue weighted by atomic mass is 16.2. The number of carbonyl (C=O) groups excluding carboxylic acids is 1. The Kier molecular flexibility index (Phi) is 4.23. The summed E-state index contributed by atoms with van der Waals surface area (Å²) in [5.41, 5.74) is 2.82. The smallest absolute Gasteiger partial charge is 0.255 e. The first-order valence-electron chi connectivity index (χ1n) is 6.85. The minimum absolute atomic E-state index is 0.0517. The van der Waals surface area contributed by atoms with Crippen LogP contribution < -0.4 is 0 Å². The third kappa shape index (κ3) is 2.59. The van der Waals surface area contributed by atoms with Crippen LogP contribution in [0.3, 0.4) is 0 Å². The molecule has 0 fully saturated rings. The van der Waals surface area contributed by atoms with Crippen LogP contribution >= 0.6 is 0 Å². The van der Waals surface area contributed by atoms with E-state index in [0.717, 1.165) is 23.2 Å². The van der Waals surface area contributed by atoms with Crippen molar-refractivity contribution < 1.29 is 4.79 Å². The van der Waals surface area contributed by atoms with Crippen LogP contribution in [0.1, 0.15) is 41.0 Å². The second-order valence-electron chi connectivity index (χ2n) is 5.05. The van der Waals surface area contributed by atoms with Crippen LogP contribution in [0, 0.1) is 6.92 Å². The number of aryl methyl sites for hydroxylation is 1. The first-order chi connectivity index (χ1) is 9.56. The monoisotopic (exact) mass is 271 g/mol. The third-order valence-electron chi connectivity index (χ3n) is 3.86. The Labute approximate surface area is 120 Å². The summed E-state index contributed by atoms with van der Waals surface area (Å²) in [6.07, 6.45) is 6.36. The summed E-state index contributed by atoms with van der Waals surface area (Å²) >= 11 is 0. The summed E-state index contributed by atoms with van der Waals surface area (Å²) in [4.78, 5) is 18.6. The molecule has 4 nitrogen and oxygen atoms in total. The number of nitrogens with zero attached hydrogens (tertiary/aromatic N) is 3. The Morgan fingerprint density at radius 2 is 2.20 bits per heavy atom. The van der Waals surface area contributed by atoms with E-state index in [2.05, 4.69) is 11.9 Å². The molecule has 0 saturated heterocycles. The maximum atomic E-state index is 12.6. The molecule has 0 aliphatic carbocycles. The molecule has 0 aliphatic rings. The molecule has 0 spiro atoms. The fourth-order valence-corrected chi connectivity index (χ4v) is 2.47. The fourth-order valence-electron chi connectivity index (χ4n) is 2.47. The number of amides is 1. The van der Waals surface area contributed by atoms with Gasteiger partial charge in [0, 0.05) is 38.4 Å².